The number of anilines is 2. The summed E-state index contributed by atoms with van der Waals surface area (Å²) in [6, 6.07) is 22.6. The fraction of sp³-hybridized carbons (Fsp3) is 0.0476. The Balaban J connectivity index is 1.58. The second-order valence-electron chi connectivity index (χ2n) is 5.70. The highest BCUT2D eigenvalue weighted by molar-refractivity contribution is 6.31. The van der Waals surface area contributed by atoms with Crippen molar-refractivity contribution in [3.8, 4) is 5.75 Å². The fourth-order valence-corrected chi connectivity index (χ4v) is 2.56. The normalized spacial score (nSPS) is 10.1. The van der Waals surface area contributed by atoms with Gasteiger partial charge in [0.25, 0.3) is 11.8 Å². The van der Waals surface area contributed by atoms with E-state index < -0.39 is 0 Å². The van der Waals surface area contributed by atoms with Gasteiger partial charge in [-0.05, 0) is 48.5 Å². The number of halogens is 1. The Labute approximate surface area is 161 Å². The number of para-hydroxylation sites is 1. The minimum Gasteiger partial charge on any atom is -0.484 e. The molecule has 136 valence electrons. The van der Waals surface area contributed by atoms with Gasteiger partial charge >= 0.3 is 0 Å². The third kappa shape index (κ3) is 5.59. The van der Waals surface area contributed by atoms with E-state index in [0.717, 1.165) is 0 Å². The number of carbonyl (C=O) groups excluding carboxylic acids is 2. The largest absolute Gasteiger partial charge is 0.484 e. The number of hydrogen-bond donors (Lipinski definition) is 2. The van der Waals surface area contributed by atoms with Gasteiger partial charge in [0.15, 0.2) is 6.61 Å². The first-order valence-corrected chi connectivity index (χ1v) is 8.62. The molecule has 0 saturated carbocycles. The lowest BCUT2D eigenvalue weighted by Gasteiger charge is -2.10. The summed E-state index contributed by atoms with van der Waals surface area (Å²) in [4.78, 5) is 24.3. The second-order valence-corrected chi connectivity index (χ2v) is 6.13. The highest BCUT2D eigenvalue weighted by atomic mass is 35.5. The van der Waals surface area contributed by atoms with Crippen LogP contribution in [0.3, 0.4) is 0 Å². The van der Waals surface area contributed by atoms with Crippen LogP contribution in [0.1, 0.15) is 10.4 Å². The standard InChI is InChI=1S/C21H17ClN2O3/c22-16-7-4-6-15(12-16)21(26)24-18-9-5-8-17(13-18)23-20(25)14-27-19-10-2-1-3-11-19/h1-13H,14H2,(H,23,25)(H,24,26). The highest BCUT2D eigenvalue weighted by Crippen LogP contribution is 2.17. The number of ether oxygens (including phenoxy) is 1. The lowest BCUT2D eigenvalue weighted by molar-refractivity contribution is -0.118. The minimum atomic E-state index is -0.294. The van der Waals surface area contributed by atoms with E-state index in [9.17, 15) is 9.59 Å². The maximum absolute atomic E-state index is 12.3. The van der Waals surface area contributed by atoms with E-state index in [-0.39, 0.29) is 18.4 Å². The molecule has 3 aromatic rings. The molecular formula is C21H17ClN2O3. The Morgan fingerprint density at radius 1 is 0.815 bits per heavy atom. The van der Waals surface area contributed by atoms with E-state index >= 15 is 0 Å². The Hall–Kier alpha value is -3.31. The van der Waals surface area contributed by atoms with Crippen molar-refractivity contribution in [3.63, 3.8) is 0 Å². The number of amides is 2. The van der Waals surface area contributed by atoms with Gasteiger partial charge in [-0.25, -0.2) is 0 Å². The summed E-state index contributed by atoms with van der Waals surface area (Å²) in [6.07, 6.45) is 0. The van der Waals surface area contributed by atoms with Crippen molar-refractivity contribution in [2.45, 2.75) is 0 Å². The molecule has 0 radical (unpaired) electrons. The summed E-state index contributed by atoms with van der Waals surface area (Å²) < 4.78 is 5.41. The molecule has 0 bridgehead atoms. The predicted octanol–water partition coefficient (Wildman–Crippen LogP) is 4.61. The Morgan fingerprint density at radius 2 is 1.52 bits per heavy atom. The molecule has 0 aliphatic heterocycles. The van der Waals surface area contributed by atoms with Crippen LogP contribution < -0.4 is 15.4 Å². The van der Waals surface area contributed by atoms with Gasteiger partial charge in [0.05, 0.1) is 0 Å². The van der Waals surface area contributed by atoms with Gasteiger partial charge in [-0.2, -0.15) is 0 Å². The Kier molecular flexibility index (Phi) is 6.07. The van der Waals surface area contributed by atoms with E-state index in [1.54, 1.807) is 60.7 Å². The van der Waals surface area contributed by atoms with Gasteiger partial charge in [-0.3, -0.25) is 9.59 Å². The third-order valence-corrected chi connectivity index (χ3v) is 3.84. The predicted molar refractivity (Wildman–Crippen MR) is 106 cm³/mol. The monoisotopic (exact) mass is 380 g/mol. The van der Waals surface area contributed by atoms with Gasteiger partial charge < -0.3 is 15.4 Å². The number of carbonyl (C=O) groups is 2. The lowest BCUT2D eigenvalue weighted by atomic mass is 10.2. The van der Waals surface area contributed by atoms with Crippen molar-refractivity contribution in [2.75, 3.05) is 17.2 Å². The van der Waals surface area contributed by atoms with Crippen LogP contribution in [0.15, 0.2) is 78.9 Å². The van der Waals surface area contributed by atoms with Crippen LogP contribution in [0, 0.1) is 0 Å². The number of rotatable bonds is 6. The highest BCUT2D eigenvalue weighted by Gasteiger charge is 2.08. The molecule has 0 aliphatic rings. The van der Waals surface area contributed by atoms with Crippen molar-refractivity contribution in [2.24, 2.45) is 0 Å². The summed E-state index contributed by atoms with van der Waals surface area (Å²) >= 11 is 5.91. The van der Waals surface area contributed by atoms with Gasteiger partial charge in [-0.15, -0.1) is 0 Å². The van der Waals surface area contributed by atoms with Crippen LogP contribution in [0.2, 0.25) is 5.02 Å². The zero-order valence-corrected chi connectivity index (χ0v) is 15.1. The summed E-state index contributed by atoms with van der Waals surface area (Å²) in [5.74, 6) is 0.0424. The Bertz CT molecular complexity index is 945. The minimum absolute atomic E-state index is 0.108. The molecule has 3 aromatic carbocycles. The summed E-state index contributed by atoms with van der Waals surface area (Å²) in [6.45, 7) is -0.108. The van der Waals surface area contributed by atoms with Crippen LogP contribution in [0.25, 0.3) is 0 Å². The maximum Gasteiger partial charge on any atom is 0.262 e. The molecule has 0 unspecified atom stereocenters. The average molecular weight is 381 g/mol. The van der Waals surface area contributed by atoms with E-state index in [1.165, 1.54) is 0 Å². The molecule has 3 rings (SSSR count). The fourth-order valence-electron chi connectivity index (χ4n) is 2.37. The Morgan fingerprint density at radius 3 is 2.26 bits per heavy atom. The molecule has 0 fully saturated rings. The van der Waals surface area contributed by atoms with Gasteiger partial charge in [-0.1, -0.05) is 41.9 Å². The molecule has 0 spiro atoms. The van der Waals surface area contributed by atoms with E-state index in [4.69, 9.17) is 16.3 Å². The van der Waals surface area contributed by atoms with Crippen molar-refractivity contribution in [3.05, 3.63) is 89.4 Å². The zero-order valence-electron chi connectivity index (χ0n) is 14.3. The molecule has 0 aromatic heterocycles. The van der Waals surface area contributed by atoms with Crippen LogP contribution in [0.5, 0.6) is 5.75 Å². The first-order valence-electron chi connectivity index (χ1n) is 8.25. The number of nitrogens with one attached hydrogen (secondary N) is 2. The quantitative estimate of drug-likeness (QED) is 0.656. The topological polar surface area (TPSA) is 67.4 Å². The number of benzene rings is 3. The van der Waals surface area contributed by atoms with E-state index in [0.29, 0.717) is 27.7 Å². The molecular weight excluding hydrogens is 364 g/mol. The molecule has 0 atom stereocenters. The van der Waals surface area contributed by atoms with Crippen LogP contribution >= 0.6 is 11.6 Å². The van der Waals surface area contributed by atoms with E-state index in [1.807, 2.05) is 18.2 Å². The third-order valence-electron chi connectivity index (χ3n) is 3.60. The van der Waals surface area contributed by atoms with Crippen LogP contribution in [-0.4, -0.2) is 18.4 Å². The SMILES string of the molecule is O=C(COc1ccccc1)Nc1cccc(NC(=O)c2cccc(Cl)c2)c1. The summed E-state index contributed by atoms with van der Waals surface area (Å²) in [5, 5.41) is 6.00. The molecule has 5 nitrogen and oxygen atoms in total. The van der Waals surface area contributed by atoms with Crippen molar-refractivity contribution in [1.29, 1.82) is 0 Å². The molecule has 2 amide bonds. The average Bonchev–Trinajstić information content (AvgIpc) is 2.67. The maximum atomic E-state index is 12.3. The molecule has 2 N–H and O–H groups in total. The first kappa shape index (κ1) is 18.5. The molecule has 0 aliphatic carbocycles. The summed E-state index contributed by atoms with van der Waals surface area (Å²) in [7, 11) is 0. The number of hydrogen-bond acceptors (Lipinski definition) is 3. The van der Waals surface area contributed by atoms with Gasteiger partial charge in [0.1, 0.15) is 5.75 Å². The van der Waals surface area contributed by atoms with Gasteiger partial charge in [0, 0.05) is 22.0 Å². The zero-order chi connectivity index (χ0) is 19.1. The smallest absolute Gasteiger partial charge is 0.262 e. The van der Waals surface area contributed by atoms with Crippen LogP contribution in [-0.2, 0) is 4.79 Å². The molecule has 0 heterocycles. The second kappa shape index (κ2) is 8.87. The summed E-state index contributed by atoms with van der Waals surface area (Å²) in [5.41, 5.74) is 1.57. The van der Waals surface area contributed by atoms with Crippen LogP contribution in [0.4, 0.5) is 11.4 Å². The van der Waals surface area contributed by atoms with Crippen molar-refractivity contribution in [1.82, 2.24) is 0 Å². The van der Waals surface area contributed by atoms with Gasteiger partial charge in [0.2, 0.25) is 0 Å². The molecule has 6 heteroatoms. The van der Waals surface area contributed by atoms with E-state index in [2.05, 4.69) is 10.6 Å². The van der Waals surface area contributed by atoms with Crippen molar-refractivity contribution >= 4 is 34.8 Å². The first-order chi connectivity index (χ1) is 13.1. The van der Waals surface area contributed by atoms with Crippen molar-refractivity contribution < 1.29 is 14.3 Å². The molecule has 0 saturated heterocycles. The lowest BCUT2D eigenvalue weighted by Crippen LogP contribution is -2.20. The molecule has 27 heavy (non-hydrogen) atoms.